The van der Waals surface area contributed by atoms with Crippen molar-refractivity contribution in [3.63, 3.8) is 0 Å². The fourth-order valence-electron chi connectivity index (χ4n) is 2.45. The highest BCUT2D eigenvalue weighted by Crippen LogP contribution is 2.43. The first kappa shape index (κ1) is 15.0. The molecule has 6 nitrogen and oxygen atoms in total. The van der Waals surface area contributed by atoms with Crippen LogP contribution in [0.2, 0.25) is 0 Å². The number of nitrogens with zero attached hydrogens (tertiary/aromatic N) is 3. The molecule has 1 aliphatic rings. The number of allylic oxidation sites excluding steroid dienone is 1. The Morgan fingerprint density at radius 3 is 3.00 bits per heavy atom. The van der Waals surface area contributed by atoms with Crippen LogP contribution in [0.1, 0.15) is 31.3 Å². The van der Waals surface area contributed by atoms with Crippen molar-refractivity contribution in [1.82, 2.24) is 9.55 Å². The average Bonchev–Trinajstić information content (AvgIpc) is 3.25. The van der Waals surface area contributed by atoms with Crippen LogP contribution in [-0.2, 0) is 0 Å². The zero-order chi connectivity index (χ0) is 16.2. The summed E-state index contributed by atoms with van der Waals surface area (Å²) in [6, 6.07) is 5.61. The Hall–Kier alpha value is -2.89. The molecule has 1 saturated carbocycles. The van der Waals surface area contributed by atoms with Crippen LogP contribution in [-0.4, -0.2) is 28.8 Å². The van der Waals surface area contributed by atoms with Gasteiger partial charge in [-0.15, -0.1) is 0 Å². The van der Waals surface area contributed by atoms with E-state index in [2.05, 4.69) is 15.3 Å². The highest BCUT2D eigenvalue weighted by Gasteiger charge is 2.26. The van der Waals surface area contributed by atoms with Crippen molar-refractivity contribution >= 4 is 23.6 Å². The van der Waals surface area contributed by atoms with Crippen LogP contribution in [0.25, 0.3) is 5.70 Å². The van der Waals surface area contributed by atoms with Crippen LogP contribution in [0.15, 0.2) is 48.0 Å². The number of rotatable bonds is 4. The van der Waals surface area contributed by atoms with Crippen LogP contribution >= 0.6 is 0 Å². The van der Waals surface area contributed by atoms with Crippen molar-refractivity contribution in [2.75, 3.05) is 12.4 Å². The third-order valence-corrected chi connectivity index (χ3v) is 3.77. The molecule has 120 valence electrons. The quantitative estimate of drug-likeness (QED) is 0.851. The molecule has 0 unspecified atom stereocenters. The van der Waals surface area contributed by atoms with Crippen LogP contribution in [0.3, 0.4) is 0 Å². The third kappa shape index (κ3) is 3.48. The van der Waals surface area contributed by atoms with Gasteiger partial charge in [-0.3, -0.25) is 9.56 Å². The predicted octanol–water partition coefficient (Wildman–Crippen LogP) is 3.09. The SMILES string of the molecule is CN=C/C=C(\N)c1cc(NC(=O)n2ccnc2)ccc1C1CC1.[HH]. The summed E-state index contributed by atoms with van der Waals surface area (Å²) in [5.41, 5.74) is 9.72. The van der Waals surface area contributed by atoms with Crippen molar-refractivity contribution < 1.29 is 6.22 Å². The minimum Gasteiger partial charge on any atom is -0.398 e. The molecular formula is C17H21N5O. The molecule has 1 aliphatic carbocycles. The van der Waals surface area contributed by atoms with Crippen molar-refractivity contribution in [2.45, 2.75) is 18.8 Å². The second-order valence-corrected chi connectivity index (χ2v) is 5.51. The summed E-state index contributed by atoms with van der Waals surface area (Å²) in [5.74, 6) is 0.564. The van der Waals surface area contributed by atoms with E-state index in [1.807, 2.05) is 18.2 Å². The normalized spacial score (nSPS) is 15.1. The molecule has 1 aromatic carbocycles. The van der Waals surface area contributed by atoms with Crippen LogP contribution in [0.5, 0.6) is 0 Å². The zero-order valence-corrected chi connectivity index (χ0v) is 12.9. The monoisotopic (exact) mass is 311 g/mol. The number of benzene rings is 1. The van der Waals surface area contributed by atoms with E-state index >= 15 is 0 Å². The standard InChI is InChI=1S/C17H19N5O.H2/c1-19-7-6-16(18)15-10-13(4-5-14(15)12-2-3-12)21-17(23)22-9-8-20-11-22;/h4-12H,2-3,18H2,1H3,(H,21,23);1H/b16-6-,19-7?;. The number of aromatic nitrogens is 2. The van der Waals surface area contributed by atoms with E-state index < -0.39 is 0 Å². The van der Waals surface area contributed by atoms with Gasteiger partial charge in [0.2, 0.25) is 0 Å². The molecule has 0 bridgehead atoms. The molecule has 0 radical (unpaired) electrons. The van der Waals surface area contributed by atoms with E-state index in [0.29, 0.717) is 17.3 Å². The van der Waals surface area contributed by atoms with E-state index in [-0.39, 0.29) is 7.46 Å². The molecule has 0 spiro atoms. The van der Waals surface area contributed by atoms with Gasteiger partial charge in [0.15, 0.2) is 0 Å². The van der Waals surface area contributed by atoms with Gasteiger partial charge in [-0.25, -0.2) is 9.78 Å². The highest BCUT2D eigenvalue weighted by molar-refractivity contribution is 5.92. The first-order valence-electron chi connectivity index (χ1n) is 7.50. The maximum absolute atomic E-state index is 12.1. The number of aliphatic imine (C=N–C) groups is 1. The predicted molar refractivity (Wildman–Crippen MR) is 93.8 cm³/mol. The number of hydrogen-bond acceptors (Lipinski definition) is 4. The fourth-order valence-corrected chi connectivity index (χ4v) is 2.45. The number of carbonyl (C=O) groups excluding carboxylic acids is 1. The Bertz CT molecular complexity index is 763. The number of carbonyl (C=O) groups is 1. The Morgan fingerprint density at radius 2 is 2.35 bits per heavy atom. The average molecular weight is 311 g/mol. The number of anilines is 1. The van der Waals surface area contributed by atoms with Crippen molar-refractivity contribution in [2.24, 2.45) is 10.7 Å². The number of hydrogen-bond donors (Lipinski definition) is 2. The lowest BCUT2D eigenvalue weighted by Gasteiger charge is -2.12. The molecule has 6 heteroatoms. The maximum Gasteiger partial charge on any atom is 0.331 e. The molecule has 0 aliphatic heterocycles. The molecule has 3 rings (SSSR count). The van der Waals surface area contributed by atoms with Crippen molar-refractivity contribution in [3.8, 4) is 0 Å². The van der Waals surface area contributed by atoms with E-state index in [1.54, 1.807) is 31.7 Å². The lowest BCUT2D eigenvalue weighted by Crippen LogP contribution is -2.18. The Labute approximate surface area is 136 Å². The topological polar surface area (TPSA) is 85.3 Å². The molecule has 0 saturated heterocycles. The molecule has 1 aromatic heterocycles. The number of amides is 1. The number of nitrogens with one attached hydrogen (secondary N) is 1. The minimum absolute atomic E-state index is 0. The largest absolute Gasteiger partial charge is 0.398 e. The van der Waals surface area contributed by atoms with Crippen molar-refractivity contribution in [3.05, 3.63) is 54.1 Å². The molecule has 1 heterocycles. The lowest BCUT2D eigenvalue weighted by atomic mass is 9.99. The Morgan fingerprint density at radius 1 is 1.52 bits per heavy atom. The van der Waals surface area contributed by atoms with Crippen molar-refractivity contribution in [1.29, 1.82) is 0 Å². The molecule has 1 fully saturated rings. The minimum atomic E-state index is -0.259. The van der Waals surface area contributed by atoms with Gasteiger partial charge < -0.3 is 11.1 Å². The van der Waals surface area contributed by atoms with Gasteiger partial charge in [-0.05, 0) is 42.5 Å². The van der Waals surface area contributed by atoms with E-state index in [4.69, 9.17) is 5.73 Å². The van der Waals surface area contributed by atoms with E-state index in [9.17, 15) is 4.79 Å². The number of imidazole rings is 1. The van der Waals surface area contributed by atoms with Gasteiger partial charge in [0.25, 0.3) is 0 Å². The summed E-state index contributed by atoms with van der Waals surface area (Å²) in [5, 5.41) is 2.85. The van der Waals surface area contributed by atoms with Gasteiger partial charge in [0.1, 0.15) is 6.33 Å². The Kier molecular flexibility index (Phi) is 4.23. The molecule has 23 heavy (non-hydrogen) atoms. The molecule has 0 atom stereocenters. The summed E-state index contributed by atoms with van der Waals surface area (Å²) in [4.78, 5) is 19.9. The summed E-state index contributed by atoms with van der Waals surface area (Å²) in [7, 11) is 1.70. The van der Waals surface area contributed by atoms with Crippen LogP contribution in [0, 0.1) is 0 Å². The zero-order valence-electron chi connectivity index (χ0n) is 12.9. The third-order valence-electron chi connectivity index (χ3n) is 3.77. The van der Waals surface area contributed by atoms with Crippen LogP contribution < -0.4 is 11.1 Å². The van der Waals surface area contributed by atoms with Gasteiger partial charge in [0, 0.05) is 44.0 Å². The second-order valence-electron chi connectivity index (χ2n) is 5.51. The van der Waals surface area contributed by atoms with Gasteiger partial charge in [-0.1, -0.05) is 6.07 Å². The van der Waals surface area contributed by atoms with E-state index in [0.717, 1.165) is 5.56 Å². The summed E-state index contributed by atoms with van der Waals surface area (Å²) < 4.78 is 1.39. The van der Waals surface area contributed by atoms with Gasteiger partial charge >= 0.3 is 6.03 Å². The first-order valence-corrected chi connectivity index (χ1v) is 7.50. The Balaban J connectivity index is 0.00000208. The van der Waals surface area contributed by atoms with Gasteiger partial charge in [0.05, 0.1) is 0 Å². The molecular weight excluding hydrogens is 290 g/mol. The molecule has 3 N–H and O–H groups in total. The smallest absolute Gasteiger partial charge is 0.331 e. The molecule has 1 amide bonds. The fraction of sp³-hybridized carbons (Fsp3) is 0.235. The second kappa shape index (κ2) is 6.48. The highest BCUT2D eigenvalue weighted by atomic mass is 16.2. The lowest BCUT2D eigenvalue weighted by molar-refractivity contribution is 0.253. The molecule has 2 aromatic rings. The summed E-state index contributed by atoms with van der Waals surface area (Å²) >= 11 is 0. The maximum atomic E-state index is 12.1. The van der Waals surface area contributed by atoms with Crippen LogP contribution in [0.4, 0.5) is 10.5 Å². The summed E-state index contributed by atoms with van der Waals surface area (Å²) in [6.45, 7) is 0. The van der Waals surface area contributed by atoms with E-state index in [1.165, 1.54) is 29.3 Å². The number of nitrogens with two attached hydrogens (primary N) is 1. The van der Waals surface area contributed by atoms with Gasteiger partial charge in [-0.2, -0.15) is 0 Å². The summed E-state index contributed by atoms with van der Waals surface area (Å²) in [6.07, 6.45) is 10.4. The first-order chi connectivity index (χ1) is 11.2.